The van der Waals surface area contributed by atoms with Crippen LogP contribution in [0.3, 0.4) is 0 Å². The zero-order valence-corrected chi connectivity index (χ0v) is 24.6. The van der Waals surface area contributed by atoms with Crippen molar-refractivity contribution in [3.63, 3.8) is 0 Å². The van der Waals surface area contributed by atoms with Gasteiger partial charge in [-0.15, -0.1) is 0 Å². The summed E-state index contributed by atoms with van der Waals surface area (Å²) in [5.74, 6) is 0.121. The second-order valence-corrected chi connectivity index (χ2v) is 11.3. The molecule has 0 aromatic carbocycles. The Hall–Kier alpha value is -1.48. The van der Waals surface area contributed by atoms with Crippen LogP contribution in [0.2, 0.25) is 0 Å². The zero-order valence-electron chi connectivity index (χ0n) is 24.6. The highest BCUT2D eigenvalue weighted by Gasteiger charge is 2.45. The van der Waals surface area contributed by atoms with Crippen LogP contribution >= 0.6 is 0 Å². The minimum absolute atomic E-state index is 0.121. The van der Waals surface area contributed by atoms with Gasteiger partial charge in [-0.1, -0.05) is 129 Å². The van der Waals surface area contributed by atoms with E-state index in [-0.39, 0.29) is 12.4 Å². The van der Waals surface area contributed by atoms with E-state index in [1.165, 1.54) is 132 Å². The van der Waals surface area contributed by atoms with Crippen LogP contribution in [0.1, 0.15) is 142 Å². The Kier molecular flexibility index (Phi) is 18.4. The maximum atomic E-state index is 12.2. The number of hydrogen-bond acceptors (Lipinski definition) is 7. The molecule has 1 aromatic heterocycles. The second kappa shape index (κ2) is 21.3. The number of aliphatic hydroxyl groups is 2. The third-order valence-electron chi connectivity index (χ3n) is 7.93. The highest BCUT2D eigenvalue weighted by Crippen LogP contribution is 2.31. The Bertz CT molecular complexity index is 790. The van der Waals surface area contributed by atoms with Gasteiger partial charge in [-0.05, 0) is 12.5 Å². The van der Waals surface area contributed by atoms with E-state index in [0.717, 1.165) is 12.8 Å². The summed E-state index contributed by atoms with van der Waals surface area (Å²) in [5, 5.41) is 20.0. The van der Waals surface area contributed by atoms with Crippen molar-refractivity contribution in [2.75, 3.05) is 18.9 Å². The van der Waals surface area contributed by atoms with Gasteiger partial charge < -0.3 is 25.4 Å². The van der Waals surface area contributed by atoms with Crippen LogP contribution < -0.4 is 11.4 Å². The van der Waals surface area contributed by atoms with Crippen molar-refractivity contribution < 1.29 is 19.7 Å². The van der Waals surface area contributed by atoms with E-state index in [9.17, 15) is 15.0 Å². The van der Waals surface area contributed by atoms with Crippen LogP contribution in [0.15, 0.2) is 17.1 Å². The third kappa shape index (κ3) is 13.6. The lowest BCUT2D eigenvalue weighted by atomic mass is 10.0. The minimum Gasteiger partial charge on any atom is -0.394 e. The molecular formula is C31H57N3O5. The van der Waals surface area contributed by atoms with E-state index in [2.05, 4.69) is 11.9 Å². The largest absolute Gasteiger partial charge is 0.394 e. The van der Waals surface area contributed by atoms with Crippen LogP contribution in [-0.4, -0.2) is 51.3 Å². The Morgan fingerprint density at radius 3 is 1.74 bits per heavy atom. The number of unbranched alkanes of at least 4 members (excludes halogenated alkanes) is 19. The fourth-order valence-corrected chi connectivity index (χ4v) is 5.47. The van der Waals surface area contributed by atoms with Crippen LogP contribution in [0.25, 0.3) is 0 Å². The molecular weight excluding hydrogens is 494 g/mol. The summed E-state index contributed by atoms with van der Waals surface area (Å²) in [6, 6.07) is 1.50. The molecule has 1 unspecified atom stereocenters. The molecule has 0 aliphatic carbocycles. The third-order valence-corrected chi connectivity index (χ3v) is 7.93. The summed E-state index contributed by atoms with van der Waals surface area (Å²) in [4.78, 5) is 16.0. The first-order valence-electron chi connectivity index (χ1n) is 16.0. The quantitative estimate of drug-likeness (QED) is 0.129. The maximum Gasteiger partial charge on any atom is 0.351 e. The van der Waals surface area contributed by atoms with E-state index in [1.54, 1.807) is 0 Å². The Morgan fingerprint density at radius 2 is 1.31 bits per heavy atom. The molecule has 1 fully saturated rings. The summed E-state index contributed by atoms with van der Waals surface area (Å²) in [6.45, 7) is 2.40. The molecule has 1 saturated heterocycles. The van der Waals surface area contributed by atoms with Crippen LogP contribution in [0.5, 0.6) is 0 Å². The van der Waals surface area contributed by atoms with Crippen molar-refractivity contribution in [2.24, 2.45) is 0 Å². The fourth-order valence-electron chi connectivity index (χ4n) is 5.47. The smallest absolute Gasteiger partial charge is 0.351 e. The normalized spacial score (nSPS) is 21.1. The van der Waals surface area contributed by atoms with Gasteiger partial charge in [-0.25, -0.2) is 4.79 Å². The van der Waals surface area contributed by atoms with Crippen molar-refractivity contribution in [2.45, 2.75) is 160 Å². The number of nitrogen functional groups attached to an aromatic ring is 1. The Morgan fingerprint density at radius 1 is 0.846 bits per heavy atom. The summed E-state index contributed by atoms with van der Waals surface area (Å²) in [5.41, 5.74) is 5.00. The van der Waals surface area contributed by atoms with Crippen molar-refractivity contribution in [1.29, 1.82) is 0 Å². The lowest BCUT2D eigenvalue weighted by Crippen LogP contribution is -2.38. The molecule has 2 heterocycles. The molecule has 0 spiro atoms. The molecule has 0 bridgehead atoms. The highest BCUT2D eigenvalue weighted by atomic mass is 16.6. The first-order valence-corrected chi connectivity index (χ1v) is 16.0. The molecule has 0 radical (unpaired) electrons. The molecule has 1 aliphatic heterocycles. The fraction of sp³-hybridized carbons (Fsp3) is 0.871. The Labute approximate surface area is 236 Å². The molecule has 1 aromatic rings. The molecule has 0 amide bonds. The van der Waals surface area contributed by atoms with Crippen LogP contribution in [0.4, 0.5) is 5.82 Å². The van der Waals surface area contributed by atoms with Crippen molar-refractivity contribution in [1.82, 2.24) is 9.55 Å². The van der Waals surface area contributed by atoms with E-state index in [0.29, 0.717) is 6.61 Å². The molecule has 1 aliphatic rings. The van der Waals surface area contributed by atoms with E-state index in [4.69, 9.17) is 15.2 Å². The van der Waals surface area contributed by atoms with Gasteiger partial charge in [0.2, 0.25) is 0 Å². The van der Waals surface area contributed by atoms with Gasteiger partial charge in [0.05, 0.1) is 6.61 Å². The number of ether oxygens (including phenoxy) is 2. The van der Waals surface area contributed by atoms with E-state index in [1.807, 2.05) is 0 Å². The Balaban J connectivity index is 1.42. The highest BCUT2D eigenvalue weighted by molar-refractivity contribution is 5.23. The standard InChI is InChI=1S/C31H57N3O5/c1-2-3-4-5-6-7-8-9-10-11-12-13-14-15-16-17-18-19-20-21-24-38-29-28(36)26(25-35)39-30(29)34-23-22-27(32)33-31(34)37/h22-23,26,28-30,35-36H,2-21,24-25H2,1H3,(H2,32,33,37)/t26-,28?,29+,30-/m1/s1. The van der Waals surface area contributed by atoms with Gasteiger partial charge in [0, 0.05) is 12.8 Å². The van der Waals surface area contributed by atoms with Gasteiger partial charge in [0.25, 0.3) is 0 Å². The molecule has 39 heavy (non-hydrogen) atoms. The SMILES string of the molecule is CCCCCCCCCCCCCCCCCCCCCCO[C@H]1C(O)[C@@H](CO)O[C@H]1n1ccc(N)nc1=O. The summed E-state index contributed by atoms with van der Waals surface area (Å²) in [7, 11) is 0. The number of hydrogen-bond donors (Lipinski definition) is 3. The van der Waals surface area contributed by atoms with Crippen molar-refractivity contribution in [3.05, 3.63) is 22.7 Å². The van der Waals surface area contributed by atoms with Gasteiger partial charge in [-0.2, -0.15) is 4.98 Å². The number of anilines is 1. The summed E-state index contributed by atoms with van der Waals surface area (Å²) < 4.78 is 12.9. The number of rotatable bonds is 24. The van der Waals surface area contributed by atoms with Gasteiger partial charge >= 0.3 is 5.69 Å². The van der Waals surface area contributed by atoms with Gasteiger partial charge in [-0.3, -0.25) is 4.57 Å². The predicted molar refractivity (Wildman–Crippen MR) is 158 cm³/mol. The summed E-state index contributed by atoms with van der Waals surface area (Å²) >= 11 is 0. The van der Waals surface area contributed by atoms with Gasteiger partial charge in [0.1, 0.15) is 24.1 Å². The molecule has 4 atom stereocenters. The predicted octanol–water partition coefficient (Wildman–Crippen LogP) is 6.28. The number of nitrogens with zero attached hydrogens (tertiary/aromatic N) is 2. The zero-order chi connectivity index (χ0) is 28.1. The average Bonchev–Trinajstić information content (AvgIpc) is 3.24. The molecule has 4 N–H and O–H groups in total. The number of aromatic nitrogens is 2. The molecule has 226 valence electrons. The first kappa shape index (κ1) is 33.7. The lowest BCUT2D eigenvalue weighted by Gasteiger charge is -2.22. The number of nitrogens with two attached hydrogens (primary N) is 1. The molecule has 8 nitrogen and oxygen atoms in total. The van der Waals surface area contributed by atoms with Crippen LogP contribution in [-0.2, 0) is 9.47 Å². The van der Waals surface area contributed by atoms with E-state index < -0.39 is 30.2 Å². The molecule has 0 saturated carbocycles. The van der Waals surface area contributed by atoms with Gasteiger partial charge in [0.15, 0.2) is 6.23 Å². The topological polar surface area (TPSA) is 120 Å². The minimum atomic E-state index is -1.02. The maximum absolute atomic E-state index is 12.2. The van der Waals surface area contributed by atoms with Crippen molar-refractivity contribution in [3.8, 4) is 0 Å². The first-order chi connectivity index (χ1) is 19.1. The lowest BCUT2D eigenvalue weighted by molar-refractivity contribution is -0.0748. The van der Waals surface area contributed by atoms with E-state index >= 15 is 0 Å². The molecule has 8 heteroatoms. The second-order valence-electron chi connectivity index (χ2n) is 11.3. The van der Waals surface area contributed by atoms with Crippen LogP contribution in [0, 0.1) is 0 Å². The monoisotopic (exact) mass is 551 g/mol. The summed E-state index contributed by atoms with van der Waals surface area (Å²) in [6.07, 6.45) is 24.8. The number of aliphatic hydroxyl groups excluding tert-OH is 2. The van der Waals surface area contributed by atoms with Crippen molar-refractivity contribution >= 4 is 5.82 Å². The average molecular weight is 552 g/mol. The molecule has 2 rings (SSSR count).